The van der Waals surface area contributed by atoms with Gasteiger partial charge in [-0.05, 0) is 54.2 Å². The Morgan fingerprint density at radius 3 is 2.63 bits per heavy atom. The standard InChI is InChI=1S/C31H26N8O7/c32-24-25(27(41)26(24)40)39-8-1-9-45-23-7-2-15(10-22(23)39)13-33-29(42)20-12-21(35-14-34-20)30(43)36-19-6-4-16-11-17(3-5-18(16)19)28-37-31(44)46-38-28/h2-3,5,7,10-12,14,19H,1,4,6,8-9,13,32H2,(H,33,42)(H,36,43)(H,37,38,44)/t19-/m0/s1. The number of aromatic amines is 1. The summed E-state index contributed by atoms with van der Waals surface area (Å²) in [7, 11) is 0. The van der Waals surface area contributed by atoms with Gasteiger partial charge in [0.1, 0.15) is 34.8 Å². The fraction of sp³-hybridized carbons (Fsp3) is 0.226. The summed E-state index contributed by atoms with van der Waals surface area (Å²) in [6.45, 7) is 0.970. The molecule has 3 heterocycles. The van der Waals surface area contributed by atoms with Crippen LogP contribution in [0, 0.1) is 0 Å². The van der Waals surface area contributed by atoms with Crippen LogP contribution in [0.1, 0.15) is 56.6 Å². The number of anilines is 3. The van der Waals surface area contributed by atoms with Gasteiger partial charge in [0, 0.05) is 24.7 Å². The molecule has 15 heteroatoms. The van der Waals surface area contributed by atoms with Gasteiger partial charge in [-0.2, -0.15) is 0 Å². The number of benzene rings is 2. The number of nitrogen functional groups attached to an aromatic ring is 1. The molecule has 0 bridgehead atoms. The average Bonchev–Trinajstić information content (AvgIpc) is 3.64. The van der Waals surface area contributed by atoms with E-state index < -0.39 is 28.4 Å². The monoisotopic (exact) mass is 622 g/mol. The zero-order chi connectivity index (χ0) is 31.9. The van der Waals surface area contributed by atoms with Crippen molar-refractivity contribution in [3.8, 4) is 17.1 Å². The zero-order valence-corrected chi connectivity index (χ0v) is 24.2. The van der Waals surface area contributed by atoms with E-state index in [4.69, 9.17) is 10.5 Å². The van der Waals surface area contributed by atoms with Gasteiger partial charge in [0.05, 0.1) is 18.3 Å². The van der Waals surface area contributed by atoms with Crippen molar-refractivity contribution < 1.29 is 18.8 Å². The third kappa shape index (κ3) is 5.16. The highest BCUT2D eigenvalue weighted by atomic mass is 16.5. The number of ether oxygens (including phenoxy) is 1. The van der Waals surface area contributed by atoms with E-state index in [-0.39, 0.29) is 35.3 Å². The van der Waals surface area contributed by atoms with Gasteiger partial charge in [-0.1, -0.05) is 23.4 Å². The number of rotatable bonds is 7. The van der Waals surface area contributed by atoms with Crippen molar-refractivity contribution in [2.24, 2.45) is 0 Å². The second-order valence-electron chi connectivity index (χ2n) is 11.0. The highest BCUT2D eigenvalue weighted by Gasteiger charge is 2.29. The number of carbonyl (C=O) groups is 2. The van der Waals surface area contributed by atoms with Crippen LogP contribution >= 0.6 is 0 Å². The van der Waals surface area contributed by atoms with Crippen LogP contribution in [0.25, 0.3) is 11.4 Å². The van der Waals surface area contributed by atoms with E-state index in [1.165, 1.54) is 6.07 Å². The van der Waals surface area contributed by atoms with E-state index in [0.717, 1.165) is 17.5 Å². The summed E-state index contributed by atoms with van der Waals surface area (Å²) in [6.07, 6.45) is 3.14. The Kier molecular flexibility index (Phi) is 7.11. The van der Waals surface area contributed by atoms with E-state index in [1.54, 1.807) is 29.2 Å². The number of amides is 2. The summed E-state index contributed by atoms with van der Waals surface area (Å²) in [5.74, 6) is -0.752. The van der Waals surface area contributed by atoms with Crippen molar-refractivity contribution in [3.63, 3.8) is 0 Å². The largest absolute Gasteiger partial charge is 0.491 e. The molecule has 3 aromatic carbocycles. The smallest absolute Gasteiger partial charge is 0.439 e. The van der Waals surface area contributed by atoms with Crippen molar-refractivity contribution in [1.29, 1.82) is 0 Å². The number of fused-ring (bicyclic) bond motifs is 2. The lowest BCUT2D eigenvalue weighted by molar-refractivity contribution is 0.0931. The minimum absolute atomic E-state index is 0.00874. The first-order valence-electron chi connectivity index (χ1n) is 14.5. The molecule has 0 fully saturated rings. The second-order valence-corrected chi connectivity index (χ2v) is 11.0. The number of H-pyrrole nitrogens is 1. The SMILES string of the molecule is Nc1c(N2CCCOc3ccc(CNC(=O)c4cc(C(=O)N[C@H]5CCc6cc(-c7noc(=O)[nH]7)ccc65)ncn4)cc32)c(=O)c1=O. The van der Waals surface area contributed by atoms with Crippen LogP contribution in [0.4, 0.5) is 17.1 Å². The molecular formula is C31H26N8O7. The number of aromatic nitrogens is 4. The lowest BCUT2D eigenvalue weighted by Gasteiger charge is -2.26. The van der Waals surface area contributed by atoms with E-state index in [1.807, 2.05) is 12.1 Å². The van der Waals surface area contributed by atoms with Crippen LogP contribution in [-0.4, -0.2) is 45.1 Å². The number of hydrogen-bond donors (Lipinski definition) is 4. The number of aryl methyl sites for hydroxylation is 1. The number of nitrogens with two attached hydrogens (primary N) is 1. The molecule has 46 heavy (non-hydrogen) atoms. The Balaban J connectivity index is 1.02. The van der Waals surface area contributed by atoms with Crippen LogP contribution in [0.15, 0.2) is 67.7 Å². The molecule has 232 valence electrons. The first-order chi connectivity index (χ1) is 22.3. The summed E-state index contributed by atoms with van der Waals surface area (Å²) < 4.78 is 10.4. The normalized spacial score (nSPS) is 15.5. The van der Waals surface area contributed by atoms with Crippen molar-refractivity contribution in [2.45, 2.75) is 31.8 Å². The van der Waals surface area contributed by atoms with Crippen molar-refractivity contribution in [3.05, 3.63) is 108 Å². The maximum Gasteiger partial charge on any atom is 0.439 e. The fourth-order valence-electron chi connectivity index (χ4n) is 5.81. The van der Waals surface area contributed by atoms with Gasteiger partial charge in [-0.25, -0.2) is 14.8 Å². The van der Waals surface area contributed by atoms with Crippen molar-refractivity contribution in [1.82, 2.24) is 30.7 Å². The lowest BCUT2D eigenvalue weighted by atomic mass is 10.0. The van der Waals surface area contributed by atoms with Gasteiger partial charge in [0.15, 0.2) is 5.82 Å². The molecule has 0 saturated heterocycles. The number of hydrogen-bond acceptors (Lipinski definition) is 12. The number of nitrogens with one attached hydrogen (secondary N) is 3. The Morgan fingerprint density at radius 2 is 1.85 bits per heavy atom. The first kappa shape index (κ1) is 28.6. The number of carbonyl (C=O) groups excluding carboxylic acids is 2. The van der Waals surface area contributed by atoms with E-state index >= 15 is 0 Å². The van der Waals surface area contributed by atoms with Crippen LogP contribution in [-0.2, 0) is 13.0 Å². The molecule has 7 rings (SSSR count). The molecule has 15 nitrogen and oxygen atoms in total. The third-order valence-electron chi connectivity index (χ3n) is 8.11. The molecule has 5 N–H and O–H groups in total. The quantitative estimate of drug-likeness (QED) is 0.189. The number of nitrogens with zero attached hydrogens (tertiary/aromatic N) is 4. The summed E-state index contributed by atoms with van der Waals surface area (Å²) in [6, 6.07) is 11.9. The summed E-state index contributed by atoms with van der Waals surface area (Å²) >= 11 is 0. The molecule has 1 aliphatic carbocycles. The van der Waals surface area contributed by atoms with Gasteiger partial charge < -0.3 is 26.0 Å². The van der Waals surface area contributed by atoms with E-state index in [0.29, 0.717) is 60.8 Å². The van der Waals surface area contributed by atoms with Gasteiger partial charge >= 0.3 is 5.76 Å². The van der Waals surface area contributed by atoms with Gasteiger partial charge in [-0.15, -0.1) is 0 Å². The molecule has 1 aliphatic heterocycles. The summed E-state index contributed by atoms with van der Waals surface area (Å²) in [5, 5.41) is 9.49. The van der Waals surface area contributed by atoms with Crippen LogP contribution in [0.2, 0.25) is 0 Å². The first-order valence-corrected chi connectivity index (χ1v) is 14.5. The van der Waals surface area contributed by atoms with E-state index in [2.05, 4.69) is 35.3 Å². The lowest BCUT2D eigenvalue weighted by Crippen LogP contribution is -2.41. The minimum atomic E-state index is -0.701. The highest BCUT2D eigenvalue weighted by molar-refractivity contribution is 5.97. The molecule has 0 spiro atoms. The molecule has 0 saturated carbocycles. The maximum absolute atomic E-state index is 13.1. The Bertz CT molecular complexity index is 2150. The zero-order valence-electron chi connectivity index (χ0n) is 24.2. The Hall–Kier alpha value is -6.12. The Morgan fingerprint density at radius 1 is 1.02 bits per heavy atom. The Labute approximate surface area is 259 Å². The van der Waals surface area contributed by atoms with Gasteiger partial charge in [0.2, 0.25) is 0 Å². The second kappa shape index (κ2) is 11.4. The topological polar surface area (TPSA) is 215 Å². The predicted octanol–water partition coefficient (Wildman–Crippen LogP) is 1.27. The third-order valence-corrected chi connectivity index (χ3v) is 8.11. The average molecular weight is 623 g/mol. The van der Waals surface area contributed by atoms with Crippen LogP contribution in [0.5, 0.6) is 5.75 Å². The molecule has 0 unspecified atom stereocenters. The summed E-state index contributed by atoms with van der Waals surface area (Å²) in [4.78, 5) is 73.8. The van der Waals surface area contributed by atoms with Crippen molar-refractivity contribution >= 4 is 28.9 Å². The molecule has 2 aromatic heterocycles. The molecule has 0 radical (unpaired) electrons. The highest BCUT2D eigenvalue weighted by Crippen LogP contribution is 2.38. The molecule has 2 aliphatic rings. The van der Waals surface area contributed by atoms with Gasteiger partial charge in [-0.3, -0.25) is 28.7 Å². The molecule has 5 aromatic rings. The van der Waals surface area contributed by atoms with Gasteiger partial charge in [0.25, 0.3) is 22.7 Å². The van der Waals surface area contributed by atoms with Crippen LogP contribution in [0.3, 0.4) is 0 Å². The summed E-state index contributed by atoms with van der Waals surface area (Å²) in [5.41, 5.74) is 8.54. The minimum Gasteiger partial charge on any atom is -0.491 e. The van der Waals surface area contributed by atoms with E-state index in [9.17, 15) is 24.0 Å². The molecular weight excluding hydrogens is 596 g/mol. The van der Waals surface area contributed by atoms with Crippen LogP contribution < -0.4 is 42.6 Å². The van der Waals surface area contributed by atoms with Crippen molar-refractivity contribution in [2.75, 3.05) is 23.8 Å². The fourth-order valence-corrected chi connectivity index (χ4v) is 5.81. The molecule has 2 amide bonds. The molecule has 1 atom stereocenters. The predicted molar refractivity (Wildman–Crippen MR) is 164 cm³/mol. The maximum atomic E-state index is 13.1.